The van der Waals surface area contributed by atoms with Crippen molar-refractivity contribution in [1.29, 1.82) is 0 Å². The van der Waals surface area contributed by atoms with Crippen LogP contribution < -0.4 is 4.74 Å². The van der Waals surface area contributed by atoms with Gasteiger partial charge >= 0.3 is 18.1 Å². The predicted octanol–water partition coefficient (Wildman–Crippen LogP) is 4.62. The number of allylic oxidation sites excluding steroid dienone is 1. The molecule has 0 bridgehead atoms. The summed E-state index contributed by atoms with van der Waals surface area (Å²) in [6, 6.07) is 9.73. The van der Waals surface area contributed by atoms with Gasteiger partial charge in [-0.05, 0) is 29.3 Å². The number of ketones is 1. The molecule has 0 atom stereocenters. The Morgan fingerprint density at radius 3 is 2.12 bits per heavy atom. The van der Waals surface area contributed by atoms with Crippen molar-refractivity contribution < 1.29 is 32.6 Å². The largest absolute Gasteiger partial charge is 0.481 e. The number of carboxylic acids is 1. The van der Waals surface area contributed by atoms with E-state index in [-0.39, 0.29) is 18.0 Å². The van der Waals surface area contributed by atoms with Gasteiger partial charge in [0, 0.05) is 5.56 Å². The van der Waals surface area contributed by atoms with Gasteiger partial charge in [0.15, 0.2) is 5.78 Å². The van der Waals surface area contributed by atoms with E-state index < -0.39 is 18.1 Å². The zero-order chi connectivity index (χ0) is 19.1. The molecule has 0 amide bonds. The van der Waals surface area contributed by atoms with Crippen LogP contribution in [0.2, 0.25) is 0 Å². The SMILES string of the molecule is O=C(O)Cc1ccc(C(=O)C=Cc2ccc(OC(F)=C(F)F)cc2)cc1. The second kappa shape index (κ2) is 8.66. The zero-order valence-corrected chi connectivity index (χ0v) is 13.3. The lowest BCUT2D eigenvalue weighted by Crippen LogP contribution is -2.01. The lowest BCUT2D eigenvalue weighted by molar-refractivity contribution is -0.136. The van der Waals surface area contributed by atoms with Crippen LogP contribution in [-0.4, -0.2) is 16.9 Å². The highest BCUT2D eigenvalue weighted by Gasteiger charge is 2.07. The molecule has 0 unspecified atom stereocenters. The van der Waals surface area contributed by atoms with Crippen molar-refractivity contribution in [3.63, 3.8) is 0 Å². The Kier molecular flexibility index (Phi) is 6.32. The highest BCUT2D eigenvalue weighted by molar-refractivity contribution is 6.06. The number of carbonyl (C=O) groups excluding carboxylic acids is 1. The third kappa shape index (κ3) is 5.62. The van der Waals surface area contributed by atoms with Crippen LogP contribution in [0.3, 0.4) is 0 Å². The van der Waals surface area contributed by atoms with Gasteiger partial charge in [-0.1, -0.05) is 42.5 Å². The van der Waals surface area contributed by atoms with E-state index >= 15 is 0 Å². The van der Waals surface area contributed by atoms with Gasteiger partial charge in [-0.2, -0.15) is 13.2 Å². The van der Waals surface area contributed by atoms with E-state index in [2.05, 4.69) is 4.74 Å². The maximum atomic E-state index is 12.7. The standard InChI is InChI=1S/C19H13F3O4/c20-18(21)19(22)26-15-8-3-12(4-9-15)5-10-16(23)14-6-1-13(2-7-14)11-17(24)25/h1-10H,11H2,(H,24,25). The summed E-state index contributed by atoms with van der Waals surface area (Å²) in [7, 11) is 0. The quantitative estimate of drug-likeness (QED) is 0.443. The summed E-state index contributed by atoms with van der Waals surface area (Å²) < 4.78 is 40.9. The molecule has 0 fully saturated rings. The summed E-state index contributed by atoms with van der Waals surface area (Å²) >= 11 is 0. The molecule has 2 aromatic carbocycles. The second-order valence-electron chi connectivity index (χ2n) is 5.17. The number of hydrogen-bond acceptors (Lipinski definition) is 3. The number of carbonyl (C=O) groups is 2. The number of aliphatic carboxylic acids is 1. The molecule has 7 heteroatoms. The predicted molar refractivity (Wildman–Crippen MR) is 88.6 cm³/mol. The number of benzene rings is 2. The van der Waals surface area contributed by atoms with E-state index in [0.29, 0.717) is 16.7 Å². The highest BCUT2D eigenvalue weighted by Crippen LogP contribution is 2.19. The summed E-state index contributed by atoms with van der Waals surface area (Å²) in [4.78, 5) is 22.7. The highest BCUT2D eigenvalue weighted by atomic mass is 19.3. The fraction of sp³-hybridized carbons (Fsp3) is 0.0526. The topological polar surface area (TPSA) is 63.6 Å². The minimum absolute atomic E-state index is 0.104. The Morgan fingerprint density at radius 2 is 1.58 bits per heavy atom. The molecule has 0 saturated heterocycles. The fourth-order valence-corrected chi connectivity index (χ4v) is 2.02. The molecule has 1 N–H and O–H groups in total. The number of hydrogen-bond donors (Lipinski definition) is 1. The minimum Gasteiger partial charge on any atom is -0.481 e. The molecular weight excluding hydrogens is 349 g/mol. The molecule has 0 aliphatic heterocycles. The second-order valence-corrected chi connectivity index (χ2v) is 5.17. The Morgan fingerprint density at radius 1 is 0.962 bits per heavy atom. The van der Waals surface area contributed by atoms with E-state index in [1.807, 2.05) is 0 Å². The Hall–Kier alpha value is -3.35. The van der Waals surface area contributed by atoms with Crippen molar-refractivity contribution >= 4 is 17.8 Å². The zero-order valence-electron chi connectivity index (χ0n) is 13.3. The van der Waals surface area contributed by atoms with E-state index in [9.17, 15) is 22.8 Å². The van der Waals surface area contributed by atoms with Crippen LogP contribution in [0.5, 0.6) is 5.75 Å². The average molecular weight is 362 g/mol. The van der Waals surface area contributed by atoms with E-state index in [1.165, 1.54) is 48.6 Å². The maximum absolute atomic E-state index is 12.7. The van der Waals surface area contributed by atoms with Crippen LogP contribution in [0.1, 0.15) is 21.5 Å². The van der Waals surface area contributed by atoms with Gasteiger partial charge in [0.25, 0.3) is 0 Å². The van der Waals surface area contributed by atoms with Gasteiger partial charge in [0.05, 0.1) is 6.42 Å². The van der Waals surface area contributed by atoms with Crippen molar-refractivity contribution in [3.8, 4) is 5.75 Å². The van der Waals surface area contributed by atoms with Crippen LogP contribution in [0.15, 0.2) is 66.7 Å². The van der Waals surface area contributed by atoms with Gasteiger partial charge < -0.3 is 9.84 Å². The lowest BCUT2D eigenvalue weighted by Gasteiger charge is -2.02. The van der Waals surface area contributed by atoms with Crippen LogP contribution in [0.25, 0.3) is 6.08 Å². The van der Waals surface area contributed by atoms with Crippen LogP contribution >= 0.6 is 0 Å². The molecule has 134 valence electrons. The number of ether oxygens (including phenoxy) is 1. The molecule has 0 radical (unpaired) electrons. The Bertz CT molecular complexity index is 849. The molecule has 4 nitrogen and oxygen atoms in total. The summed E-state index contributed by atoms with van der Waals surface area (Å²) in [5.74, 6) is -1.35. The Labute approximate surface area is 146 Å². The third-order valence-electron chi connectivity index (χ3n) is 3.26. The van der Waals surface area contributed by atoms with Gasteiger partial charge in [0.1, 0.15) is 5.75 Å². The summed E-state index contributed by atoms with van der Waals surface area (Å²) in [6.45, 7) is 0. The van der Waals surface area contributed by atoms with Crippen LogP contribution in [0.4, 0.5) is 13.2 Å². The van der Waals surface area contributed by atoms with Crippen molar-refractivity contribution in [2.45, 2.75) is 6.42 Å². The molecule has 0 aliphatic carbocycles. The van der Waals surface area contributed by atoms with Crippen LogP contribution in [0, 0.1) is 0 Å². The van der Waals surface area contributed by atoms with E-state index in [1.54, 1.807) is 12.1 Å². The molecule has 0 aromatic heterocycles. The van der Waals surface area contributed by atoms with Crippen molar-refractivity contribution in [1.82, 2.24) is 0 Å². The lowest BCUT2D eigenvalue weighted by atomic mass is 10.1. The smallest absolute Gasteiger partial charge is 0.344 e. The number of halogens is 3. The molecule has 0 heterocycles. The summed E-state index contributed by atoms with van der Waals surface area (Å²) in [5.41, 5.74) is 1.55. The molecule has 2 rings (SSSR count). The van der Waals surface area contributed by atoms with Gasteiger partial charge in [-0.25, -0.2) is 0 Å². The van der Waals surface area contributed by atoms with Crippen molar-refractivity contribution in [2.75, 3.05) is 0 Å². The third-order valence-corrected chi connectivity index (χ3v) is 3.26. The maximum Gasteiger partial charge on any atom is 0.344 e. The van der Waals surface area contributed by atoms with Gasteiger partial charge in [-0.15, -0.1) is 0 Å². The average Bonchev–Trinajstić information content (AvgIpc) is 2.61. The first-order valence-electron chi connectivity index (χ1n) is 7.37. The summed E-state index contributed by atoms with van der Waals surface area (Å²) in [5, 5.41) is 8.70. The van der Waals surface area contributed by atoms with E-state index in [0.717, 1.165) is 0 Å². The monoisotopic (exact) mass is 362 g/mol. The minimum atomic E-state index is -2.55. The molecule has 0 spiro atoms. The molecular formula is C19H13F3O4. The normalized spacial score (nSPS) is 10.6. The molecule has 0 aliphatic rings. The Balaban J connectivity index is 2.01. The first-order chi connectivity index (χ1) is 12.3. The van der Waals surface area contributed by atoms with Gasteiger partial charge in [-0.3, -0.25) is 9.59 Å². The number of rotatable bonds is 7. The first-order valence-corrected chi connectivity index (χ1v) is 7.37. The number of carboxylic acid groups (broad SMARTS) is 1. The van der Waals surface area contributed by atoms with Crippen molar-refractivity contribution in [2.24, 2.45) is 0 Å². The first kappa shape index (κ1) is 19.0. The fourth-order valence-electron chi connectivity index (χ4n) is 2.02. The molecule has 26 heavy (non-hydrogen) atoms. The molecule has 0 saturated carbocycles. The van der Waals surface area contributed by atoms with E-state index in [4.69, 9.17) is 5.11 Å². The van der Waals surface area contributed by atoms with Crippen molar-refractivity contribution in [3.05, 3.63) is 83.4 Å². The van der Waals surface area contributed by atoms with Crippen LogP contribution in [-0.2, 0) is 11.2 Å². The molecule has 2 aromatic rings. The summed E-state index contributed by atoms with van der Waals surface area (Å²) in [6.07, 6.45) is 0.137. The van der Waals surface area contributed by atoms with Gasteiger partial charge in [0.2, 0.25) is 0 Å².